The number of para-hydroxylation sites is 2. The van der Waals surface area contributed by atoms with E-state index >= 15 is 0 Å². The zero-order valence-corrected chi connectivity index (χ0v) is 21.6. The Labute approximate surface area is 206 Å². The Morgan fingerprint density at radius 3 is 2.25 bits per heavy atom. The van der Waals surface area contributed by atoms with Gasteiger partial charge in [-0.3, -0.25) is 0 Å². The minimum atomic E-state index is -2.43. The molecule has 1 aromatic heterocycles. The molecule has 1 unspecified atom stereocenters. The predicted octanol–water partition coefficient (Wildman–Crippen LogP) is 1.56. The zero-order chi connectivity index (χ0) is 19.7. The Kier molecular flexibility index (Phi) is 5.61. The van der Waals surface area contributed by atoms with Gasteiger partial charge in [-0.25, -0.2) is 0 Å². The van der Waals surface area contributed by atoms with E-state index in [1.54, 1.807) is 11.1 Å². The van der Waals surface area contributed by atoms with Gasteiger partial charge in [-0.05, 0) is 0 Å². The molecule has 0 radical (unpaired) electrons. The van der Waals surface area contributed by atoms with E-state index in [4.69, 9.17) is 0 Å². The molecular weight excluding hydrogens is 512 g/mol. The average Bonchev–Trinajstić information content (AvgIpc) is 3.17. The molecule has 7 rings (SSSR count). The molecule has 3 aromatic carbocycles. The van der Waals surface area contributed by atoms with Crippen molar-refractivity contribution in [2.45, 2.75) is 18.3 Å². The molecule has 2 heterocycles. The second-order valence-corrected chi connectivity index (χ2v) is 20.1. The average molecular weight is 536 g/mol. The smallest absolute Gasteiger partial charge is 1.00 e. The summed E-state index contributed by atoms with van der Waals surface area (Å²) >= 11 is -2.43. The molecule has 3 aliphatic rings. The third kappa shape index (κ3) is 2.93. The monoisotopic (exact) mass is 533 g/mol. The number of hydrogen-bond donors (Lipinski definition) is 0. The molecule has 0 amide bonds. The maximum atomic E-state index is 2.53. The van der Waals surface area contributed by atoms with E-state index in [-0.39, 0.29) is 24.8 Å². The van der Waals surface area contributed by atoms with Crippen molar-refractivity contribution < 1.29 is 45.1 Å². The van der Waals surface area contributed by atoms with E-state index in [0.717, 1.165) is 0 Å². The van der Waals surface area contributed by atoms with Gasteiger partial charge in [0.2, 0.25) is 0 Å². The molecule has 1 nitrogen and oxygen atoms in total. The van der Waals surface area contributed by atoms with Crippen molar-refractivity contribution in [1.29, 1.82) is 0 Å². The summed E-state index contributed by atoms with van der Waals surface area (Å²) in [6.45, 7) is 0. The molecular formula is C28H23Cl2NZr. The molecule has 1 saturated heterocycles. The third-order valence-corrected chi connectivity index (χ3v) is 19.6. The molecule has 0 N–H and O–H groups in total. The molecule has 158 valence electrons. The van der Waals surface area contributed by atoms with Gasteiger partial charge in [0.05, 0.1) is 0 Å². The Morgan fingerprint density at radius 2 is 1.50 bits per heavy atom. The molecule has 32 heavy (non-hydrogen) atoms. The molecule has 4 aromatic rings. The minimum Gasteiger partial charge on any atom is -1.00 e. The summed E-state index contributed by atoms with van der Waals surface area (Å²) in [6.07, 6.45) is 8.38. The molecule has 1 atom stereocenters. The van der Waals surface area contributed by atoms with Crippen LogP contribution in [0.5, 0.6) is 0 Å². The van der Waals surface area contributed by atoms with Crippen LogP contribution in [0, 0.1) is 0 Å². The van der Waals surface area contributed by atoms with Gasteiger partial charge in [-0.2, -0.15) is 0 Å². The topological polar surface area (TPSA) is 4.93 Å². The van der Waals surface area contributed by atoms with Gasteiger partial charge in [0, 0.05) is 0 Å². The van der Waals surface area contributed by atoms with E-state index in [9.17, 15) is 0 Å². The second kappa shape index (κ2) is 8.17. The molecule has 1 fully saturated rings. The van der Waals surface area contributed by atoms with Crippen molar-refractivity contribution in [1.82, 2.24) is 4.57 Å². The van der Waals surface area contributed by atoms with Crippen molar-refractivity contribution in [2.24, 2.45) is 0 Å². The maximum Gasteiger partial charge on any atom is -1.00 e. The van der Waals surface area contributed by atoms with E-state index < -0.39 is 20.3 Å². The normalized spacial score (nSPS) is 18.0. The fourth-order valence-corrected chi connectivity index (χ4v) is 21.1. The standard InChI is InChI=1S/C21H14N.C5H5.C2H4.2ClH.Zr/c1-2-9-16(10-3-1)22-20-13-7-6-12-18(20)19-14-15-8-4-5-11-17(15)21(19)22;1-2-4-5-3-1;1-2;;;/h1-14H;1-3H,4H2;1-2H2;2*1H;/q;;;;;+2/p-2. The SMILES string of the molecule is C1=CC[C]([Zr+2]2([CH]3c4ccccc4-c4c3c3ccccc3n4-c3ccccc3)[CH2][CH2]2)=C1.[Cl-].[Cl-]. The summed E-state index contributed by atoms with van der Waals surface area (Å²) in [5, 5.41) is 1.46. The Hall–Kier alpha value is -1.86. The van der Waals surface area contributed by atoms with Crippen LogP contribution in [-0.2, 0) is 20.3 Å². The second-order valence-electron chi connectivity index (χ2n) is 8.95. The van der Waals surface area contributed by atoms with Crippen LogP contribution in [-0.4, -0.2) is 4.57 Å². The predicted molar refractivity (Wildman–Crippen MR) is 122 cm³/mol. The molecule has 2 aliphatic carbocycles. The largest absolute Gasteiger partial charge is 1.00 e. The van der Waals surface area contributed by atoms with Crippen LogP contribution in [0.4, 0.5) is 0 Å². The first kappa shape index (κ1) is 22.0. The van der Waals surface area contributed by atoms with Crippen molar-refractivity contribution >= 4 is 10.9 Å². The Balaban J connectivity index is 0.00000108. The molecule has 0 saturated carbocycles. The van der Waals surface area contributed by atoms with Gasteiger partial charge in [0.15, 0.2) is 0 Å². The Bertz CT molecular complexity index is 1380. The van der Waals surface area contributed by atoms with Crippen LogP contribution in [0.25, 0.3) is 27.8 Å². The van der Waals surface area contributed by atoms with Gasteiger partial charge >= 0.3 is 182 Å². The molecule has 1 aliphatic heterocycles. The van der Waals surface area contributed by atoms with E-state index in [1.807, 2.05) is 3.28 Å². The summed E-state index contributed by atoms with van der Waals surface area (Å²) in [6, 6.07) is 29.3. The van der Waals surface area contributed by atoms with E-state index in [1.165, 1.54) is 42.5 Å². The first-order chi connectivity index (χ1) is 14.9. The summed E-state index contributed by atoms with van der Waals surface area (Å²) < 4.78 is 8.05. The first-order valence-electron chi connectivity index (χ1n) is 11.0. The summed E-state index contributed by atoms with van der Waals surface area (Å²) in [7, 11) is 0. The number of fused-ring (bicyclic) bond motifs is 5. The summed E-state index contributed by atoms with van der Waals surface area (Å²) in [5.74, 6) is 0. The van der Waals surface area contributed by atoms with Crippen LogP contribution in [0.1, 0.15) is 21.2 Å². The number of aromatic nitrogens is 1. The van der Waals surface area contributed by atoms with Crippen LogP contribution >= 0.6 is 0 Å². The quantitative estimate of drug-likeness (QED) is 0.376. The number of nitrogens with zero attached hydrogens (tertiary/aromatic N) is 1. The zero-order valence-electron chi connectivity index (χ0n) is 17.6. The third-order valence-electron chi connectivity index (χ3n) is 7.50. The molecule has 0 spiro atoms. The van der Waals surface area contributed by atoms with Gasteiger partial charge in [0.25, 0.3) is 0 Å². The van der Waals surface area contributed by atoms with Crippen molar-refractivity contribution in [3.63, 3.8) is 0 Å². The number of halogens is 2. The molecule has 4 heteroatoms. The van der Waals surface area contributed by atoms with Crippen molar-refractivity contribution in [3.05, 3.63) is 111 Å². The van der Waals surface area contributed by atoms with Gasteiger partial charge in [-0.15, -0.1) is 0 Å². The number of allylic oxidation sites excluding steroid dienone is 4. The number of rotatable bonds is 3. The van der Waals surface area contributed by atoms with Crippen LogP contribution in [0.3, 0.4) is 0 Å². The van der Waals surface area contributed by atoms with Gasteiger partial charge in [0.1, 0.15) is 0 Å². The summed E-state index contributed by atoms with van der Waals surface area (Å²) in [5.41, 5.74) is 8.79. The van der Waals surface area contributed by atoms with E-state index in [2.05, 4.69) is 102 Å². The number of benzene rings is 3. The van der Waals surface area contributed by atoms with Crippen molar-refractivity contribution in [2.75, 3.05) is 0 Å². The van der Waals surface area contributed by atoms with E-state index in [0.29, 0.717) is 3.63 Å². The maximum absolute atomic E-state index is 2.53. The van der Waals surface area contributed by atoms with Crippen LogP contribution < -0.4 is 24.8 Å². The fraction of sp³-hybridized carbons (Fsp3) is 0.143. The van der Waals surface area contributed by atoms with Gasteiger partial charge in [-0.1, -0.05) is 0 Å². The van der Waals surface area contributed by atoms with Gasteiger partial charge < -0.3 is 24.8 Å². The molecule has 0 bridgehead atoms. The Morgan fingerprint density at radius 1 is 0.781 bits per heavy atom. The van der Waals surface area contributed by atoms with Crippen LogP contribution in [0.15, 0.2) is 100 Å². The fourth-order valence-electron chi connectivity index (χ4n) is 6.11. The number of hydrogen-bond acceptors (Lipinski definition) is 0. The minimum absolute atomic E-state index is 0. The van der Waals surface area contributed by atoms with Crippen LogP contribution in [0.2, 0.25) is 8.26 Å². The first-order valence-corrected chi connectivity index (χ1v) is 17.2. The van der Waals surface area contributed by atoms with Crippen molar-refractivity contribution in [3.8, 4) is 16.9 Å². The summed E-state index contributed by atoms with van der Waals surface area (Å²) in [4.78, 5) is 0.